The van der Waals surface area contributed by atoms with Crippen LogP contribution >= 0.6 is 27.5 Å². The number of aryl methyl sites for hydroxylation is 1. The van der Waals surface area contributed by atoms with E-state index in [1.165, 1.54) is 0 Å². The van der Waals surface area contributed by atoms with Crippen molar-refractivity contribution in [3.8, 4) is 0 Å². The second kappa shape index (κ2) is 5.50. The molecular weight excluding hydrogens is 316 g/mol. The predicted octanol–water partition coefficient (Wildman–Crippen LogP) is 4.06. The van der Waals surface area contributed by atoms with Crippen LogP contribution in [-0.4, -0.2) is 10.9 Å². The summed E-state index contributed by atoms with van der Waals surface area (Å²) in [5.74, 6) is -0.279. The standard InChI is InChI=1S/C13H10BrClN2O/c1-8-5-6-9(14)7-11(8)17-13(18)10-3-2-4-12(15)16-10/h2-7H,1H3,(H,17,18). The van der Waals surface area contributed by atoms with Gasteiger partial charge in [-0.3, -0.25) is 4.79 Å². The highest BCUT2D eigenvalue weighted by Gasteiger charge is 2.09. The van der Waals surface area contributed by atoms with E-state index in [0.717, 1.165) is 15.7 Å². The minimum absolute atomic E-state index is 0.279. The molecule has 1 amide bonds. The van der Waals surface area contributed by atoms with Crippen LogP contribution in [0.3, 0.4) is 0 Å². The molecule has 1 heterocycles. The van der Waals surface area contributed by atoms with Gasteiger partial charge in [-0.05, 0) is 36.8 Å². The Balaban J connectivity index is 2.24. The number of rotatable bonds is 2. The number of benzene rings is 1. The van der Waals surface area contributed by atoms with E-state index in [4.69, 9.17) is 11.6 Å². The first-order valence-corrected chi connectivity index (χ1v) is 6.43. The van der Waals surface area contributed by atoms with Crippen molar-refractivity contribution in [2.24, 2.45) is 0 Å². The maximum Gasteiger partial charge on any atom is 0.274 e. The third kappa shape index (κ3) is 3.09. The summed E-state index contributed by atoms with van der Waals surface area (Å²) in [5.41, 5.74) is 2.02. The third-order valence-corrected chi connectivity index (χ3v) is 3.10. The van der Waals surface area contributed by atoms with Gasteiger partial charge in [0.25, 0.3) is 5.91 Å². The monoisotopic (exact) mass is 324 g/mol. The molecule has 0 fully saturated rings. The molecule has 92 valence electrons. The Hall–Kier alpha value is -1.39. The summed E-state index contributed by atoms with van der Waals surface area (Å²) in [4.78, 5) is 15.9. The van der Waals surface area contributed by atoms with Crippen LogP contribution in [0.25, 0.3) is 0 Å². The van der Waals surface area contributed by atoms with E-state index in [-0.39, 0.29) is 5.91 Å². The average molecular weight is 326 g/mol. The smallest absolute Gasteiger partial charge is 0.274 e. The Bertz CT molecular complexity index is 601. The number of nitrogens with zero attached hydrogens (tertiary/aromatic N) is 1. The lowest BCUT2D eigenvalue weighted by Gasteiger charge is -2.08. The molecule has 0 aliphatic rings. The van der Waals surface area contributed by atoms with E-state index >= 15 is 0 Å². The molecule has 1 N–H and O–H groups in total. The second-order valence-corrected chi connectivity index (χ2v) is 5.06. The van der Waals surface area contributed by atoms with Crippen LogP contribution in [0, 0.1) is 6.92 Å². The molecule has 1 aromatic carbocycles. The molecule has 1 aromatic heterocycles. The van der Waals surface area contributed by atoms with E-state index in [9.17, 15) is 4.79 Å². The zero-order valence-corrected chi connectivity index (χ0v) is 11.9. The van der Waals surface area contributed by atoms with Gasteiger partial charge < -0.3 is 5.32 Å². The number of anilines is 1. The number of amides is 1. The van der Waals surface area contributed by atoms with Crippen LogP contribution in [0.2, 0.25) is 5.15 Å². The number of carbonyl (C=O) groups is 1. The minimum atomic E-state index is -0.279. The highest BCUT2D eigenvalue weighted by molar-refractivity contribution is 9.10. The Labute approximate surface area is 118 Å². The van der Waals surface area contributed by atoms with Gasteiger partial charge in [-0.1, -0.05) is 39.7 Å². The molecule has 0 saturated carbocycles. The molecule has 0 radical (unpaired) electrons. The Morgan fingerprint density at radius 2 is 2.11 bits per heavy atom. The summed E-state index contributed by atoms with van der Waals surface area (Å²) in [6.45, 7) is 1.92. The molecule has 0 spiro atoms. The number of hydrogen-bond donors (Lipinski definition) is 1. The molecular formula is C13H10BrClN2O. The fourth-order valence-corrected chi connectivity index (χ4v) is 1.97. The number of hydrogen-bond acceptors (Lipinski definition) is 2. The maximum atomic E-state index is 12.0. The summed E-state index contributed by atoms with van der Waals surface area (Å²) in [6.07, 6.45) is 0. The molecule has 3 nitrogen and oxygen atoms in total. The van der Waals surface area contributed by atoms with Crippen molar-refractivity contribution in [3.05, 3.63) is 57.3 Å². The van der Waals surface area contributed by atoms with Gasteiger partial charge in [0, 0.05) is 10.2 Å². The van der Waals surface area contributed by atoms with Crippen LogP contribution in [0.1, 0.15) is 16.1 Å². The second-order valence-electron chi connectivity index (χ2n) is 3.76. The highest BCUT2D eigenvalue weighted by Crippen LogP contribution is 2.21. The minimum Gasteiger partial charge on any atom is -0.320 e. The van der Waals surface area contributed by atoms with Crippen LogP contribution in [0.5, 0.6) is 0 Å². The van der Waals surface area contributed by atoms with Gasteiger partial charge in [-0.2, -0.15) is 0 Å². The van der Waals surface area contributed by atoms with Crippen molar-refractivity contribution in [1.82, 2.24) is 4.98 Å². The number of carbonyl (C=O) groups excluding carboxylic acids is 1. The van der Waals surface area contributed by atoms with Gasteiger partial charge in [0.1, 0.15) is 10.8 Å². The van der Waals surface area contributed by atoms with Gasteiger partial charge >= 0.3 is 0 Å². The SMILES string of the molecule is Cc1ccc(Br)cc1NC(=O)c1cccc(Cl)n1. The van der Waals surface area contributed by atoms with Crippen molar-refractivity contribution < 1.29 is 4.79 Å². The van der Waals surface area contributed by atoms with Crippen molar-refractivity contribution in [1.29, 1.82) is 0 Å². The number of aromatic nitrogens is 1. The molecule has 0 aliphatic carbocycles. The van der Waals surface area contributed by atoms with Crippen LogP contribution < -0.4 is 5.32 Å². The van der Waals surface area contributed by atoms with Gasteiger partial charge in [0.2, 0.25) is 0 Å². The van der Waals surface area contributed by atoms with E-state index in [0.29, 0.717) is 10.8 Å². The molecule has 0 atom stereocenters. The topological polar surface area (TPSA) is 42.0 Å². The number of nitrogens with one attached hydrogen (secondary N) is 1. The first kappa shape index (κ1) is 13.1. The molecule has 18 heavy (non-hydrogen) atoms. The zero-order valence-electron chi connectivity index (χ0n) is 9.58. The molecule has 0 unspecified atom stereocenters. The van der Waals surface area contributed by atoms with Crippen molar-refractivity contribution in [2.75, 3.05) is 5.32 Å². The lowest BCUT2D eigenvalue weighted by molar-refractivity contribution is 0.102. The Kier molecular flexibility index (Phi) is 3.99. The van der Waals surface area contributed by atoms with Crippen LogP contribution in [0.4, 0.5) is 5.69 Å². The molecule has 5 heteroatoms. The van der Waals surface area contributed by atoms with E-state index in [2.05, 4.69) is 26.2 Å². The van der Waals surface area contributed by atoms with Gasteiger partial charge in [0.05, 0.1) is 0 Å². The zero-order chi connectivity index (χ0) is 13.1. The quantitative estimate of drug-likeness (QED) is 0.846. The lowest BCUT2D eigenvalue weighted by Crippen LogP contribution is -2.14. The predicted molar refractivity (Wildman–Crippen MR) is 76.1 cm³/mol. The first-order chi connectivity index (χ1) is 8.56. The molecule has 2 aromatic rings. The van der Waals surface area contributed by atoms with Gasteiger partial charge in [0.15, 0.2) is 0 Å². The number of halogens is 2. The number of pyridine rings is 1. The largest absolute Gasteiger partial charge is 0.320 e. The Morgan fingerprint density at radius 3 is 2.83 bits per heavy atom. The highest BCUT2D eigenvalue weighted by atomic mass is 79.9. The fourth-order valence-electron chi connectivity index (χ4n) is 1.45. The molecule has 0 bridgehead atoms. The fraction of sp³-hybridized carbons (Fsp3) is 0.0769. The van der Waals surface area contributed by atoms with E-state index in [1.54, 1.807) is 18.2 Å². The molecule has 0 aliphatic heterocycles. The summed E-state index contributed by atoms with van der Waals surface area (Å²) in [5, 5.41) is 3.10. The molecule has 0 saturated heterocycles. The van der Waals surface area contributed by atoms with Crippen LogP contribution in [-0.2, 0) is 0 Å². The average Bonchev–Trinajstić information content (AvgIpc) is 2.34. The summed E-state index contributed by atoms with van der Waals surface area (Å²) in [6, 6.07) is 10.6. The maximum absolute atomic E-state index is 12.0. The van der Waals surface area contributed by atoms with Crippen molar-refractivity contribution >= 4 is 39.1 Å². The van der Waals surface area contributed by atoms with Crippen LogP contribution in [0.15, 0.2) is 40.9 Å². The van der Waals surface area contributed by atoms with Gasteiger partial charge in [-0.15, -0.1) is 0 Å². The van der Waals surface area contributed by atoms with E-state index < -0.39 is 0 Å². The normalized spacial score (nSPS) is 10.2. The summed E-state index contributed by atoms with van der Waals surface area (Å²) < 4.78 is 0.905. The summed E-state index contributed by atoms with van der Waals surface area (Å²) in [7, 11) is 0. The molecule has 2 rings (SSSR count). The van der Waals surface area contributed by atoms with Gasteiger partial charge in [-0.25, -0.2) is 4.98 Å². The third-order valence-electron chi connectivity index (χ3n) is 2.40. The lowest BCUT2D eigenvalue weighted by atomic mass is 10.2. The summed E-state index contributed by atoms with van der Waals surface area (Å²) >= 11 is 9.12. The van der Waals surface area contributed by atoms with E-state index in [1.807, 2.05) is 25.1 Å². The van der Waals surface area contributed by atoms with Crippen molar-refractivity contribution in [2.45, 2.75) is 6.92 Å². The first-order valence-electron chi connectivity index (χ1n) is 5.26. The Morgan fingerprint density at radius 1 is 1.33 bits per heavy atom. The van der Waals surface area contributed by atoms with Crippen molar-refractivity contribution in [3.63, 3.8) is 0 Å².